The van der Waals surface area contributed by atoms with Gasteiger partial charge in [0.1, 0.15) is 5.82 Å². The number of halogens is 1. The fraction of sp³-hybridized carbons (Fsp3) is 0.357. The maximum absolute atomic E-state index is 13.3. The quantitative estimate of drug-likeness (QED) is 0.880. The fourth-order valence-corrected chi connectivity index (χ4v) is 1.83. The van der Waals surface area contributed by atoms with E-state index >= 15 is 0 Å². The van der Waals surface area contributed by atoms with Crippen LogP contribution >= 0.6 is 0 Å². The number of hydrogen-bond donors (Lipinski definition) is 1. The number of nitrogens with one attached hydrogen (secondary N) is 1. The van der Waals surface area contributed by atoms with E-state index in [1.807, 2.05) is 12.3 Å². The lowest BCUT2D eigenvalue weighted by Crippen LogP contribution is -2.20. The zero-order chi connectivity index (χ0) is 13.0. The molecule has 1 heterocycles. The Morgan fingerprint density at radius 1 is 1.39 bits per heavy atom. The van der Waals surface area contributed by atoms with E-state index < -0.39 is 0 Å². The maximum Gasteiger partial charge on any atom is 0.123 e. The second kappa shape index (κ2) is 5.78. The van der Waals surface area contributed by atoms with Crippen molar-refractivity contribution < 1.29 is 4.39 Å². The zero-order valence-electron chi connectivity index (χ0n) is 10.7. The summed E-state index contributed by atoms with van der Waals surface area (Å²) in [6.07, 6.45) is 3.58. The van der Waals surface area contributed by atoms with Gasteiger partial charge < -0.3 is 5.32 Å². The Labute approximate surface area is 107 Å². The van der Waals surface area contributed by atoms with Crippen LogP contribution in [0.2, 0.25) is 0 Å². The maximum atomic E-state index is 13.3. The van der Waals surface area contributed by atoms with Gasteiger partial charge in [-0.1, -0.05) is 13.8 Å². The van der Waals surface area contributed by atoms with Crippen LogP contribution in [-0.2, 0) is 6.54 Å². The molecule has 1 N–H and O–H groups in total. The van der Waals surface area contributed by atoms with Gasteiger partial charge in [-0.2, -0.15) is 5.10 Å². The minimum absolute atomic E-state index is 0.216. The highest BCUT2D eigenvalue weighted by Crippen LogP contribution is 2.15. The van der Waals surface area contributed by atoms with Crippen LogP contribution in [-0.4, -0.2) is 16.3 Å². The van der Waals surface area contributed by atoms with Gasteiger partial charge in [-0.3, -0.25) is 0 Å². The lowest BCUT2D eigenvalue weighted by atomic mass is 10.1. The molecule has 2 aromatic rings. The molecular weight excluding hydrogens is 229 g/mol. The summed E-state index contributed by atoms with van der Waals surface area (Å²) in [7, 11) is 0. The third-order valence-corrected chi connectivity index (χ3v) is 2.66. The summed E-state index contributed by atoms with van der Waals surface area (Å²) in [5.41, 5.74) is 1.83. The van der Waals surface area contributed by atoms with E-state index in [-0.39, 0.29) is 5.82 Å². The first-order chi connectivity index (χ1) is 8.66. The van der Waals surface area contributed by atoms with Crippen LogP contribution in [0.1, 0.15) is 19.4 Å². The van der Waals surface area contributed by atoms with Crippen molar-refractivity contribution in [2.75, 3.05) is 6.54 Å². The highest BCUT2D eigenvalue weighted by molar-refractivity contribution is 5.40. The van der Waals surface area contributed by atoms with Crippen molar-refractivity contribution in [2.24, 2.45) is 5.92 Å². The van der Waals surface area contributed by atoms with E-state index in [9.17, 15) is 4.39 Å². The molecule has 0 atom stereocenters. The van der Waals surface area contributed by atoms with Crippen LogP contribution in [0.4, 0.5) is 4.39 Å². The molecule has 0 unspecified atom stereocenters. The van der Waals surface area contributed by atoms with Crippen LogP contribution in [0.25, 0.3) is 5.69 Å². The van der Waals surface area contributed by atoms with Gasteiger partial charge in [0.15, 0.2) is 0 Å². The Kier molecular flexibility index (Phi) is 4.10. The highest BCUT2D eigenvalue weighted by Gasteiger charge is 2.06. The van der Waals surface area contributed by atoms with Crippen LogP contribution in [0.5, 0.6) is 0 Å². The van der Waals surface area contributed by atoms with E-state index in [2.05, 4.69) is 24.3 Å². The van der Waals surface area contributed by atoms with Gasteiger partial charge in [0.2, 0.25) is 0 Å². The summed E-state index contributed by atoms with van der Waals surface area (Å²) in [6.45, 7) is 5.85. The van der Waals surface area contributed by atoms with E-state index in [0.29, 0.717) is 12.5 Å². The van der Waals surface area contributed by atoms with Gasteiger partial charge in [0.25, 0.3) is 0 Å². The summed E-state index contributed by atoms with van der Waals surface area (Å²) in [5, 5.41) is 7.51. The minimum atomic E-state index is -0.216. The number of rotatable bonds is 5. The van der Waals surface area contributed by atoms with Gasteiger partial charge >= 0.3 is 0 Å². The standard InChI is InChI=1S/C14H18FN3/c1-11(2)9-16-10-12-8-13(15)4-5-14(12)18-7-3-6-17-18/h3-8,11,16H,9-10H2,1-2H3. The Hall–Kier alpha value is -1.68. The van der Waals surface area contributed by atoms with Crippen LogP contribution in [0, 0.1) is 11.7 Å². The second-order valence-corrected chi connectivity index (χ2v) is 4.75. The number of benzene rings is 1. The Morgan fingerprint density at radius 2 is 2.22 bits per heavy atom. The van der Waals surface area contributed by atoms with Crippen molar-refractivity contribution in [3.8, 4) is 5.69 Å². The predicted molar refractivity (Wildman–Crippen MR) is 70.1 cm³/mol. The molecule has 3 nitrogen and oxygen atoms in total. The zero-order valence-corrected chi connectivity index (χ0v) is 10.7. The molecule has 1 aromatic heterocycles. The van der Waals surface area contributed by atoms with Gasteiger partial charge in [-0.15, -0.1) is 0 Å². The first kappa shape index (κ1) is 12.8. The lowest BCUT2D eigenvalue weighted by molar-refractivity contribution is 0.548. The fourth-order valence-electron chi connectivity index (χ4n) is 1.83. The monoisotopic (exact) mass is 247 g/mol. The number of hydrogen-bond acceptors (Lipinski definition) is 2. The topological polar surface area (TPSA) is 29.9 Å². The molecule has 0 spiro atoms. The molecule has 0 aliphatic heterocycles. The number of nitrogens with zero attached hydrogens (tertiary/aromatic N) is 2. The third kappa shape index (κ3) is 3.17. The Balaban J connectivity index is 2.19. The molecule has 96 valence electrons. The van der Waals surface area contributed by atoms with Crippen molar-refractivity contribution in [3.05, 3.63) is 48.0 Å². The first-order valence-electron chi connectivity index (χ1n) is 6.16. The molecule has 0 aliphatic carbocycles. The molecule has 0 saturated heterocycles. The highest BCUT2D eigenvalue weighted by atomic mass is 19.1. The average Bonchev–Trinajstić information content (AvgIpc) is 2.82. The van der Waals surface area contributed by atoms with Gasteiger partial charge in [0, 0.05) is 18.9 Å². The Bertz CT molecular complexity index is 492. The summed E-state index contributed by atoms with van der Waals surface area (Å²) in [4.78, 5) is 0. The van der Waals surface area contributed by atoms with Crippen molar-refractivity contribution in [2.45, 2.75) is 20.4 Å². The molecule has 18 heavy (non-hydrogen) atoms. The summed E-state index contributed by atoms with van der Waals surface area (Å²) >= 11 is 0. The smallest absolute Gasteiger partial charge is 0.123 e. The van der Waals surface area contributed by atoms with Crippen molar-refractivity contribution in [1.82, 2.24) is 15.1 Å². The largest absolute Gasteiger partial charge is 0.312 e. The van der Waals surface area contributed by atoms with Crippen molar-refractivity contribution >= 4 is 0 Å². The van der Waals surface area contributed by atoms with Crippen molar-refractivity contribution in [1.29, 1.82) is 0 Å². The molecule has 0 fully saturated rings. The van der Waals surface area contributed by atoms with E-state index in [1.165, 1.54) is 6.07 Å². The van der Waals surface area contributed by atoms with Crippen molar-refractivity contribution in [3.63, 3.8) is 0 Å². The van der Waals surface area contributed by atoms with Crippen LogP contribution < -0.4 is 5.32 Å². The summed E-state index contributed by atoms with van der Waals surface area (Å²) in [6, 6.07) is 6.64. The summed E-state index contributed by atoms with van der Waals surface area (Å²) < 4.78 is 15.1. The van der Waals surface area contributed by atoms with E-state index in [4.69, 9.17) is 0 Å². The first-order valence-corrected chi connectivity index (χ1v) is 6.16. The molecule has 0 aliphatic rings. The third-order valence-electron chi connectivity index (χ3n) is 2.66. The molecule has 1 aromatic carbocycles. The van der Waals surface area contributed by atoms with Gasteiger partial charge in [-0.05, 0) is 42.3 Å². The molecule has 2 rings (SSSR count). The molecule has 0 radical (unpaired) electrons. The normalized spacial score (nSPS) is 11.1. The van der Waals surface area contributed by atoms with Crippen LogP contribution in [0.3, 0.4) is 0 Å². The van der Waals surface area contributed by atoms with Gasteiger partial charge in [0.05, 0.1) is 5.69 Å². The minimum Gasteiger partial charge on any atom is -0.312 e. The van der Waals surface area contributed by atoms with E-state index in [0.717, 1.165) is 17.8 Å². The Morgan fingerprint density at radius 3 is 2.89 bits per heavy atom. The molecular formula is C14H18FN3. The molecule has 0 bridgehead atoms. The summed E-state index contributed by atoms with van der Waals surface area (Å²) in [5.74, 6) is 0.360. The second-order valence-electron chi connectivity index (χ2n) is 4.75. The average molecular weight is 247 g/mol. The molecule has 4 heteroatoms. The SMILES string of the molecule is CC(C)CNCc1cc(F)ccc1-n1cccn1. The molecule has 0 saturated carbocycles. The number of aromatic nitrogens is 2. The van der Waals surface area contributed by atoms with Gasteiger partial charge in [-0.25, -0.2) is 9.07 Å². The van der Waals surface area contributed by atoms with Crippen LogP contribution in [0.15, 0.2) is 36.7 Å². The predicted octanol–water partition coefficient (Wildman–Crippen LogP) is 2.76. The van der Waals surface area contributed by atoms with E-state index in [1.54, 1.807) is 23.0 Å². The molecule has 0 amide bonds. The lowest BCUT2D eigenvalue weighted by Gasteiger charge is -2.12.